The fourth-order valence-electron chi connectivity index (χ4n) is 3.49. The van der Waals surface area contributed by atoms with Gasteiger partial charge in [0.25, 0.3) is 0 Å². The Balaban J connectivity index is 1.38. The molecule has 1 amide bonds. The number of hydrogen-bond donors (Lipinski definition) is 1. The maximum atomic E-state index is 12.7. The quantitative estimate of drug-likeness (QED) is 0.887. The highest BCUT2D eigenvalue weighted by Crippen LogP contribution is 2.39. The molecule has 2 atom stereocenters. The minimum atomic E-state index is -0.0562. The Morgan fingerprint density at radius 2 is 2.15 bits per heavy atom. The third-order valence-electron chi connectivity index (χ3n) is 5.27. The van der Waals surface area contributed by atoms with Crippen molar-refractivity contribution < 1.29 is 9.32 Å². The van der Waals surface area contributed by atoms with E-state index in [-0.39, 0.29) is 17.9 Å². The zero-order chi connectivity index (χ0) is 18.1. The minimum absolute atomic E-state index is 0.0303. The van der Waals surface area contributed by atoms with Crippen molar-refractivity contribution in [3.63, 3.8) is 0 Å². The standard InChI is InChI=1S/C19H25N5O2/c1-12-5-3-7-16(20-12)21-18(25)15-6-4-10-24(11-15)13(2)19-22-17(23-26-19)14-8-9-14/h3,5,7,13-15H,4,6,8-11H2,1-2H3,(H,20,21,25). The molecule has 2 aromatic rings. The average molecular weight is 355 g/mol. The van der Waals surface area contributed by atoms with Crippen LogP contribution in [0.4, 0.5) is 5.82 Å². The molecule has 0 aromatic carbocycles. The van der Waals surface area contributed by atoms with E-state index in [4.69, 9.17) is 4.52 Å². The van der Waals surface area contributed by atoms with Gasteiger partial charge in [-0.3, -0.25) is 9.69 Å². The summed E-state index contributed by atoms with van der Waals surface area (Å²) in [6, 6.07) is 5.68. The normalized spacial score (nSPS) is 22.2. The number of likely N-dealkylation sites (tertiary alicyclic amines) is 1. The molecule has 2 unspecified atom stereocenters. The summed E-state index contributed by atoms with van der Waals surface area (Å²) in [5.41, 5.74) is 0.893. The van der Waals surface area contributed by atoms with Gasteiger partial charge in [0.05, 0.1) is 12.0 Å². The molecule has 138 valence electrons. The van der Waals surface area contributed by atoms with Crippen molar-refractivity contribution in [1.82, 2.24) is 20.0 Å². The Kier molecular flexibility index (Phi) is 4.72. The van der Waals surface area contributed by atoms with Crippen LogP contribution in [0.25, 0.3) is 0 Å². The van der Waals surface area contributed by atoms with Gasteiger partial charge in [-0.1, -0.05) is 11.2 Å². The van der Waals surface area contributed by atoms with Gasteiger partial charge < -0.3 is 9.84 Å². The van der Waals surface area contributed by atoms with Gasteiger partial charge in [-0.05, 0) is 58.2 Å². The zero-order valence-corrected chi connectivity index (χ0v) is 15.3. The maximum absolute atomic E-state index is 12.7. The first-order valence-corrected chi connectivity index (χ1v) is 9.42. The number of pyridine rings is 1. The topological polar surface area (TPSA) is 84.2 Å². The number of piperidine rings is 1. The van der Waals surface area contributed by atoms with Crippen LogP contribution in [0, 0.1) is 12.8 Å². The van der Waals surface area contributed by atoms with E-state index in [1.54, 1.807) is 0 Å². The van der Waals surface area contributed by atoms with Crippen molar-refractivity contribution in [3.8, 4) is 0 Å². The van der Waals surface area contributed by atoms with Crippen LogP contribution in [0.2, 0.25) is 0 Å². The van der Waals surface area contributed by atoms with E-state index in [9.17, 15) is 4.79 Å². The molecule has 4 rings (SSSR count). The summed E-state index contributed by atoms with van der Waals surface area (Å²) in [6.45, 7) is 5.63. The van der Waals surface area contributed by atoms with Crippen LogP contribution in [-0.4, -0.2) is 39.0 Å². The summed E-state index contributed by atoms with van der Waals surface area (Å²) >= 11 is 0. The summed E-state index contributed by atoms with van der Waals surface area (Å²) in [5, 5.41) is 7.06. The van der Waals surface area contributed by atoms with E-state index in [2.05, 4.69) is 32.3 Å². The molecule has 26 heavy (non-hydrogen) atoms. The first kappa shape index (κ1) is 17.1. The third-order valence-corrected chi connectivity index (χ3v) is 5.27. The molecule has 1 saturated heterocycles. The number of rotatable bonds is 5. The van der Waals surface area contributed by atoms with Gasteiger partial charge in [0, 0.05) is 18.2 Å². The van der Waals surface area contributed by atoms with Gasteiger partial charge in [0.1, 0.15) is 5.82 Å². The van der Waals surface area contributed by atoms with E-state index in [0.717, 1.165) is 43.7 Å². The number of nitrogens with one attached hydrogen (secondary N) is 1. The van der Waals surface area contributed by atoms with E-state index < -0.39 is 0 Å². The molecule has 1 saturated carbocycles. The summed E-state index contributed by atoms with van der Waals surface area (Å²) in [6.07, 6.45) is 4.18. The first-order chi connectivity index (χ1) is 12.6. The number of hydrogen-bond acceptors (Lipinski definition) is 6. The molecule has 2 fully saturated rings. The summed E-state index contributed by atoms with van der Waals surface area (Å²) in [4.78, 5) is 23.8. The van der Waals surface area contributed by atoms with Gasteiger partial charge >= 0.3 is 0 Å². The van der Waals surface area contributed by atoms with Gasteiger partial charge in [0.2, 0.25) is 11.8 Å². The molecular weight excluding hydrogens is 330 g/mol. The van der Waals surface area contributed by atoms with Crippen molar-refractivity contribution in [3.05, 3.63) is 35.6 Å². The lowest BCUT2D eigenvalue weighted by molar-refractivity contribution is -0.121. The SMILES string of the molecule is Cc1cccc(NC(=O)C2CCCN(C(C)c3nc(C4CC4)no3)C2)n1. The number of aryl methyl sites for hydroxylation is 1. The largest absolute Gasteiger partial charge is 0.338 e. The molecule has 1 N–H and O–H groups in total. The number of anilines is 1. The lowest BCUT2D eigenvalue weighted by atomic mass is 9.96. The molecule has 2 aromatic heterocycles. The smallest absolute Gasteiger partial charge is 0.243 e. The fraction of sp³-hybridized carbons (Fsp3) is 0.579. The second-order valence-electron chi connectivity index (χ2n) is 7.43. The molecule has 0 radical (unpaired) electrons. The molecule has 7 heteroatoms. The van der Waals surface area contributed by atoms with Gasteiger partial charge in [-0.2, -0.15) is 4.98 Å². The molecular formula is C19H25N5O2. The predicted octanol–water partition coefficient (Wildman–Crippen LogP) is 3.06. The second kappa shape index (κ2) is 7.15. The van der Waals surface area contributed by atoms with Crippen LogP contribution < -0.4 is 5.32 Å². The van der Waals surface area contributed by atoms with Crippen molar-refractivity contribution in [2.45, 2.75) is 51.5 Å². The number of nitrogens with zero attached hydrogens (tertiary/aromatic N) is 4. The lowest BCUT2D eigenvalue weighted by Gasteiger charge is -2.34. The number of carbonyl (C=O) groups excluding carboxylic acids is 1. The van der Waals surface area contributed by atoms with Crippen LogP contribution in [-0.2, 0) is 4.79 Å². The molecule has 1 aliphatic carbocycles. The number of carbonyl (C=O) groups is 1. The number of aromatic nitrogens is 3. The Morgan fingerprint density at radius 3 is 2.92 bits per heavy atom. The Hall–Kier alpha value is -2.28. The van der Waals surface area contributed by atoms with E-state index in [1.165, 1.54) is 0 Å². The molecule has 1 aliphatic heterocycles. The van der Waals surface area contributed by atoms with Gasteiger partial charge in [0.15, 0.2) is 5.82 Å². The predicted molar refractivity (Wildman–Crippen MR) is 96.6 cm³/mol. The lowest BCUT2D eigenvalue weighted by Crippen LogP contribution is -2.42. The Labute approximate surface area is 153 Å². The number of amides is 1. The molecule has 0 bridgehead atoms. The maximum Gasteiger partial charge on any atom is 0.243 e. The Bertz CT molecular complexity index is 786. The summed E-state index contributed by atoms with van der Waals surface area (Å²) < 4.78 is 5.47. The van der Waals surface area contributed by atoms with Crippen LogP contribution >= 0.6 is 0 Å². The highest BCUT2D eigenvalue weighted by atomic mass is 16.5. The van der Waals surface area contributed by atoms with Crippen LogP contribution in [0.15, 0.2) is 22.7 Å². The van der Waals surface area contributed by atoms with E-state index >= 15 is 0 Å². The zero-order valence-electron chi connectivity index (χ0n) is 15.3. The highest BCUT2D eigenvalue weighted by molar-refractivity contribution is 5.91. The van der Waals surface area contributed by atoms with E-state index in [1.807, 2.05) is 25.1 Å². The monoisotopic (exact) mass is 355 g/mol. The summed E-state index contributed by atoms with van der Waals surface area (Å²) in [5.74, 6) is 2.58. The van der Waals surface area contributed by atoms with Crippen molar-refractivity contribution in [2.24, 2.45) is 5.92 Å². The highest BCUT2D eigenvalue weighted by Gasteiger charge is 2.33. The fourth-order valence-corrected chi connectivity index (χ4v) is 3.49. The van der Waals surface area contributed by atoms with Crippen LogP contribution in [0.3, 0.4) is 0 Å². The molecule has 0 spiro atoms. The second-order valence-corrected chi connectivity index (χ2v) is 7.43. The summed E-state index contributed by atoms with van der Waals surface area (Å²) in [7, 11) is 0. The van der Waals surface area contributed by atoms with Crippen molar-refractivity contribution >= 4 is 11.7 Å². The molecule has 2 aliphatic rings. The third kappa shape index (κ3) is 3.77. The van der Waals surface area contributed by atoms with Gasteiger partial charge in [-0.15, -0.1) is 0 Å². The van der Waals surface area contributed by atoms with Crippen molar-refractivity contribution in [1.29, 1.82) is 0 Å². The van der Waals surface area contributed by atoms with Crippen LogP contribution in [0.1, 0.15) is 62.0 Å². The van der Waals surface area contributed by atoms with E-state index in [0.29, 0.717) is 24.2 Å². The molecule has 3 heterocycles. The minimum Gasteiger partial charge on any atom is -0.338 e. The van der Waals surface area contributed by atoms with Gasteiger partial charge in [-0.25, -0.2) is 4.98 Å². The molecule has 7 nitrogen and oxygen atoms in total. The average Bonchev–Trinajstić information content (AvgIpc) is 3.38. The first-order valence-electron chi connectivity index (χ1n) is 9.42. The van der Waals surface area contributed by atoms with Crippen molar-refractivity contribution in [2.75, 3.05) is 18.4 Å². The van der Waals surface area contributed by atoms with Crippen LogP contribution in [0.5, 0.6) is 0 Å². The Morgan fingerprint density at radius 1 is 1.31 bits per heavy atom.